The number of hydrogen-bond donors (Lipinski definition) is 4. The van der Waals surface area contributed by atoms with Crippen molar-refractivity contribution in [2.75, 3.05) is 17.7 Å². The van der Waals surface area contributed by atoms with Crippen LogP contribution in [0.25, 0.3) is 5.70 Å². The summed E-state index contributed by atoms with van der Waals surface area (Å²) < 4.78 is 60.9. The third-order valence-corrected chi connectivity index (χ3v) is 6.10. The van der Waals surface area contributed by atoms with Crippen LogP contribution in [-0.4, -0.2) is 32.2 Å². The molecule has 0 aliphatic carbocycles. The summed E-state index contributed by atoms with van der Waals surface area (Å²) in [5.74, 6) is 0.244. The van der Waals surface area contributed by atoms with Gasteiger partial charge in [-0.05, 0) is 30.7 Å². The minimum absolute atomic E-state index is 0.244. The van der Waals surface area contributed by atoms with E-state index in [0.29, 0.717) is 16.9 Å². The van der Waals surface area contributed by atoms with Gasteiger partial charge in [0.15, 0.2) is 5.13 Å². The van der Waals surface area contributed by atoms with Crippen molar-refractivity contribution in [1.82, 2.24) is 9.71 Å². The number of nitrogens with two attached hydrogens (primary N) is 1. The van der Waals surface area contributed by atoms with Crippen molar-refractivity contribution in [2.24, 2.45) is 10.7 Å². The molecule has 0 radical (unpaired) electrons. The van der Waals surface area contributed by atoms with Crippen LogP contribution in [0.3, 0.4) is 0 Å². The first kappa shape index (κ1) is 24.4. The van der Waals surface area contributed by atoms with Gasteiger partial charge in [-0.2, -0.15) is 13.2 Å². The van der Waals surface area contributed by atoms with Crippen molar-refractivity contribution < 1.29 is 21.6 Å². The van der Waals surface area contributed by atoms with Crippen molar-refractivity contribution in [1.29, 1.82) is 0 Å². The molecule has 0 aliphatic heterocycles. The highest BCUT2D eigenvalue weighted by Crippen LogP contribution is 2.26. The minimum atomic E-state index is -5.42. The lowest BCUT2D eigenvalue weighted by atomic mass is 10.2. The smallest absolute Gasteiger partial charge is 0.397 e. The third-order valence-electron chi connectivity index (χ3n) is 3.74. The number of nitrogens with one attached hydrogen (secondary N) is 3. The molecular formula is C18H21F3N6O2S2. The van der Waals surface area contributed by atoms with Crippen molar-refractivity contribution in [3.8, 4) is 0 Å². The standard InChI is InChI=1S/C18H21F3N6O2S2/c1-11-16(30-17(23-3)26-11)15(22)7-8-24-12(2)27-14-6-4-5-13(9-14)10-25-31(28,29)18(19,20)21/h4-9,25,27H,2,10,22H2,1,3H3,(H,23,26)/b15-7-,24-8?. The van der Waals surface area contributed by atoms with E-state index in [9.17, 15) is 21.6 Å². The van der Waals surface area contributed by atoms with Crippen molar-refractivity contribution in [3.05, 3.63) is 58.9 Å². The average molecular weight is 475 g/mol. The maximum absolute atomic E-state index is 12.4. The van der Waals surface area contributed by atoms with E-state index in [0.717, 1.165) is 15.7 Å². The molecule has 0 atom stereocenters. The number of halogens is 3. The zero-order valence-electron chi connectivity index (χ0n) is 16.6. The predicted molar refractivity (Wildman–Crippen MR) is 118 cm³/mol. The summed E-state index contributed by atoms with van der Waals surface area (Å²) in [6.45, 7) is 5.06. The highest BCUT2D eigenvalue weighted by Gasteiger charge is 2.45. The molecule has 0 amide bonds. The first-order valence-electron chi connectivity index (χ1n) is 8.69. The van der Waals surface area contributed by atoms with Crippen LogP contribution in [-0.2, 0) is 16.6 Å². The van der Waals surface area contributed by atoms with Crippen LogP contribution in [0.2, 0.25) is 0 Å². The molecule has 0 bridgehead atoms. The van der Waals surface area contributed by atoms with Gasteiger partial charge in [0, 0.05) is 25.5 Å². The Morgan fingerprint density at radius 1 is 1.39 bits per heavy atom. The predicted octanol–water partition coefficient (Wildman–Crippen LogP) is 3.39. The molecule has 0 spiro atoms. The highest BCUT2D eigenvalue weighted by molar-refractivity contribution is 7.90. The summed E-state index contributed by atoms with van der Waals surface area (Å²) in [4.78, 5) is 9.23. The number of allylic oxidation sites excluding steroid dienone is 1. The Morgan fingerprint density at radius 3 is 2.71 bits per heavy atom. The van der Waals surface area contributed by atoms with Crippen molar-refractivity contribution in [3.63, 3.8) is 0 Å². The quantitative estimate of drug-likeness (QED) is 0.414. The van der Waals surface area contributed by atoms with Gasteiger partial charge in [-0.3, -0.25) is 0 Å². The SMILES string of the molecule is C=C(N=C/C=C(\N)c1sc(NC)nc1C)Nc1cccc(CNS(=O)(=O)C(F)(F)F)c1. The molecule has 168 valence electrons. The van der Waals surface area contributed by atoms with Gasteiger partial charge >= 0.3 is 15.5 Å². The number of nitrogens with zero attached hydrogens (tertiary/aromatic N) is 2. The van der Waals surface area contributed by atoms with Gasteiger partial charge in [-0.15, -0.1) is 0 Å². The lowest BCUT2D eigenvalue weighted by molar-refractivity contribution is -0.0448. The zero-order valence-corrected chi connectivity index (χ0v) is 18.2. The van der Waals surface area contributed by atoms with Crippen LogP contribution in [0.1, 0.15) is 16.1 Å². The van der Waals surface area contributed by atoms with E-state index in [4.69, 9.17) is 5.73 Å². The number of aromatic nitrogens is 1. The lowest BCUT2D eigenvalue weighted by Gasteiger charge is -2.11. The molecule has 0 unspecified atom stereocenters. The molecule has 0 saturated carbocycles. The van der Waals surface area contributed by atoms with Crippen LogP contribution in [0.15, 0.2) is 47.7 Å². The van der Waals surface area contributed by atoms with E-state index in [1.54, 1.807) is 25.3 Å². The lowest BCUT2D eigenvalue weighted by Crippen LogP contribution is -2.35. The molecule has 1 heterocycles. The fourth-order valence-electron chi connectivity index (χ4n) is 2.27. The van der Waals surface area contributed by atoms with Gasteiger partial charge in [-0.25, -0.2) is 23.1 Å². The second-order valence-corrected chi connectivity index (χ2v) is 8.88. The van der Waals surface area contributed by atoms with Crippen molar-refractivity contribution in [2.45, 2.75) is 19.0 Å². The maximum atomic E-state index is 12.4. The van der Waals surface area contributed by atoms with Crippen LogP contribution in [0, 0.1) is 6.92 Å². The van der Waals surface area contributed by atoms with E-state index < -0.39 is 22.1 Å². The average Bonchev–Trinajstić information content (AvgIpc) is 3.07. The number of sulfonamides is 1. The van der Waals surface area contributed by atoms with Crippen LogP contribution >= 0.6 is 11.3 Å². The van der Waals surface area contributed by atoms with Gasteiger partial charge in [0.25, 0.3) is 0 Å². The fraction of sp³-hybridized carbons (Fsp3) is 0.222. The van der Waals surface area contributed by atoms with Crippen molar-refractivity contribution >= 4 is 44.1 Å². The van der Waals surface area contributed by atoms with Gasteiger partial charge < -0.3 is 16.4 Å². The highest BCUT2D eigenvalue weighted by atomic mass is 32.2. The number of anilines is 2. The Labute approximate surface area is 181 Å². The number of benzene rings is 1. The first-order chi connectivity index (χ1) is 14.4. The van der Waals surface area contributed by atoms with E-state index in [1.165, 1.54) is 34.4 Å². The zero-order chi connectivity index (χ0) is 23.2. The van der Waals surface area contributed by atoms with E-state index in [2.05, 4.69) is 27.2 Å². The van der Waals surface area contributed by atoms with Crippen LogP contribution in [0.5, 0.6) is 0 Å². The molecule has 1 aromatic heterocycles. The second kappa shape index (κ2) is 9.94. The minimum Gasteiger partial charge on any atom is -0.397 e. The van der Waals surface area contributed by atoms with E-state index in [1.807, 2.05) is 6.92 Å². The molecule has 5 N–H and O–H groups in total. The summed E-state index contributed by atoms with van der Waals surface area (Å²) in [5.41, 5.74) is 2.73. The Kier molecular flexibility index (Phi) is 7.81. The largest absolute Gasteiger partial charge is 0.511 e. The number of rotatable bonds is 9. The van der Waals surface area contributed by atoms with Gasteiger partial charge in [0.2, 0.25) is 0 Å². The number of aliphatic imine (C=N–C) groups is 1. The Bertz CT molecular complexity index is 1110. The molecule has 2 aromatic rings. The Morgan fingerprint density at radius 2 is 2.10 bits per heavy atom. The number of aryl methyl sites for hydroxylation is 1. The topological polar surface area (TPSA) is 122 Å². The summed E-state index contributed by atoms with van der Waals surface area (Å²) >= 11 is 1.40. The molecule has 31 heavy (non-hydrogen) atoms. The molecule has 13 heteroatoms. The van der Waals surface area contributed by atoms with E-state index >= 15 is 0 Å². The monoisotopic (exact) mass is 474 g/mol. The summed E-state index contributed by atoms with van der Waals surface area (Å²) in [7, 11) is -3.65. The Balaban J connectivity index is 1.99. The fourth-order valence-corrected chi connectivity index (χ4v) is 3.65. The molecule has 0 saturated heterocycles. The molecule has 2 rings (SSSR count). The molecule has 8 nitrogen and oxygen atoms in total. The number of thiazole rings is 1. The number of hydrogen-bond acceptors (Lipinski definition) is 8. The van der Waals surface area contributed by atoms with Gasteiger partial charge in [0.1, 0.15) is 5.82 Å². The summed E-state index contributed by atoms with van der Waals surface area (Å²) in [5, 5.41) is 6.55. The third kappa shape index (κ3) is 6.80. The van der Waals surface area contributed by atoms with Crippen LogP contribution < -0.4 is 21.1 Å². The molecule has 1 aromatic carbocycles. The van der Waals surface area contributed by atoms with E-state index in [-0.39, 0.29) is 5.82 Å². The van der Waals surface area contributed by atoms with Crippen LogP contribution in [0.4, 0.5) is 24.0 Å². The summed E-state index contributed by atoms with van der Waals surface area (Å²) in [6.07, 6.45) is 3.04. The Hall–Kier alpha value is -2.90. The second-order valence-electron chi connectivity index (χ2n) is 6.13. The molecule has 0 aliphatic rings. The maximum Gasteiger partial charge on any atom is 0.511 e. The molecule has 0 fully saturated rings. The normalized spacial score (nSPS) is 12.9. The first-order valence-corrected chi connectivity index (χ1v) is 11.0. The molecular weight excluding hydrogens is 453 g/mol. The number of alkyl halides is 3. The van der Waals surface area contributed by atoms with Gasteiger partial charge in [-0.1, -0.05) is 30.0 Å². The summed E-state index contributed by atoms with van der Waals surface area (Å²) in [6, 6.07) is 6.15. The van der Waals surface area contributed by atoms with Gasteiger partial charge in [0.05, 0.1) is 16.3 Å².